The van der Waals surface area contributed by atoms with Gasteiger partial charge in [0.25, 0.3) is 5.56 Å². The molecule has 0 amide bonds. The number of anilines is 1. The van der Waals surface area contributed by atoms with Crippen LogP contribution >= 0.6 is 0 Å². The summed E-state index contributed by atoms with van der Waals surface area (Å²) in [6, 6.07) is 12.4. The van der Waals surface area contributed by atoms with Gasteiger partial charge in [-0.3, -0.25) is 4.79 Å². The highest BCUT2D eigenvalue weighted by Gasteiger charge is 2.32. The zero-order valence-electron chi connectivity index (χ0n) is 17.2. The Labute approximate surface area is 179 Å². The van der Waals surface area contributed by atoms with Gasteiger partial charge in [0, 0.05) is 23.6 Å². The number of aromatic nitrogens is 4. The van der Waals surface area contributed by atoms with E-state index in [0.717, 1.165) is 29.0 Å². The Hall–Kier alpha value is -3.30. The highest BCUT2D eigenvalue weighted by molar-refractivity contribution is 5.60. The molecule has 0 bridgehead atoms. The number of nitrogens with zero attached hydrogens (tertiary/aromatic N) is 4. The van der Waals surface area contributed by atoms with Crippen molar-refractivity contribution in [2.45, 2.75) is 25.1 Å². The monoisotopic (exact) mass is 421 g/mol. The lowest BCUT2D eigenvalue weighted by Gasteiger charge is -2.22. The first-order valence-electron chi connectivity index (χ1n) is 10.2. The maximum atomic E-state index is 12.7. The molecular formula is C22H23N5O4. The SMILES string of the molecule is COc1cccc(-c2ccc(=O)n(C3COCC3Nc3cc4c(nn3)CCOC4)n2)c1. The number of hydrogen-bond acceptors (Lipinski definition) is 8. The Balaban J connectivity index is 1.42. The molecule has 2 atom stereocenters. The molecule has 1 fully saturated rings. The Morgan fingerprint density at radius 1 is 1.13 bits per heavy atom. The average molecular weight is 421 g/mol. The van der Waals surface area contributed by atoms with Crippen LogP contribution in [0.2, 0.25) is 0 Å². The third-order valence-electron chi connectivity index (χ3n) is 5.59. The van der Waals surface area contributed by atoms with Crippen molar-refractivity contribution in [2.24, 2.45) is 0 Å². The van der Waals surface area contributed by atoms with Crippen molar-refractivity contribution < 1.29 is 14.2 Å². The molecule has 5 rings (SSSR count). The van der Waals surface area contributed by atoms with E-state index >= 15 is 0 Å². The number of rotatable bonds is 5. The molecule has 3 aromatic rings. The normalized spacial score (nSPS) is 20.3. The van der Waals surface area contributed by atoms with Crippen molar-refractivity contribution in [1.29, 1.82) is 0 Å². The quantitative estimate of drug-likeness (QED) is 0.666. The number of hydrogen-bond donors (Lipinski definition) is 1. The third-order valence-corrected chi connectivity index (χ3v) is 5.59. The highest BCUT2D eigenvalue weighted by atomic mass is 16.5. The number of benzene rings is 1. The molecule has 2 aliphatic rings. The third kappa shape index (κ3) is 4.01. The van der Waals surface area contributed by atoms with Gasteiger partial charge in [-0.15, -0.1) is 5.10 Å². The van der Waals surface area contributed by atoms with Crippen LogP contribution < -0.4 is 15.6 Å². The Morgan fingerprint density at radius 2 is 2.06 bits per heavy atom. The minimum atomic E-state index is -0.271. The summed E-state index contributed by atoms with van der Waals surface area (Å²) in [5.41, 5.74) is 3.39. The molecule has 2 unspecified atom stereocenters. The Kier molecular flexibility index (Phi) is 5.35. The average Bonchev–Trinajstić information content (AvgIpc) is 3.27. The molecule has 9 heteroatoms. The molecule has 0 spiro atoms. The second kappa shape index (κ2) is 8.44. The van der Waals surface area contributed by atoms with Gasteiger partial charge in [-0.1, -0.05) is 12.1 Å². The highest BCUT2D eigenvalue weighted by Crippen LogP contribution is 2.25. The van der Waals surface area contributed by atoms with Crippen molar-refractivity contribution >= 4 is 5.82 Å². The fourth-order valence-corrected chi connectivity index (χ4v) is 3.92. The summed E-state index contributed by atoms with van der Waals surface area (Å²) >= 11 is 0. The summed E-state index contributed by atoms with van der Waals surface area (Å²) in [6.07, 6.45) is 0.772. The summed E-state index contributed by atoms with van der Waals surface area (Å²) in [5.74, 6) is 1.37. The van der Waals surface area contributed by atoms with Crippen LogP contribution in [0.5, 0.6) is 5.75 Å². The summed E-state index contributed by atoms with van der Waals surface area (Å²) in [6.45, 7) is 2.03. The summed E-state index contributed by atoms with van der Waals surface area (Å²) < 4.78 is 18.0. The van der Waals surface area contributed by atoms with Crippen LogP contribution in [0.1, 0.15) is 17.3 Å². The first kappa shape index (κ1) is 19.7. The smallest absolute Gasteiger partial charge is 0.267 e. The van der Waals surface area contributed by atoms with E-state index in [1.807, 2.05) is 30.3 Å². The van der Waals surface area contributed by atoms with E-state index in [0.29, 0.717) is 37.9 Å². The maximum Gasteiger partial charge on any atom is 0.267 e. The van der Waals surface area contributed by atoms with Crippen LogP contribution in [0.4, 0.5) is 5.82 Å². The molecule has 1 saturated heterocycles. The molecule has 1 N–H and O–H groups in total. The van der Waals surface area contributed by atoms with E-state index in [9.17, 15) is 4.79 Å². The summed E-state index contributed by atoms with van der Waals surface area (Å²) in [7, 11) is 1.62. The molecule has 2 aliphatic heterocycles. The molecule has 31 heavy (non-hydrogen) atoms. The van der Waals surface area contributed by atoms with E-state index in [-0.39, 0.29) is 17.6 Å². The number of ether oxygens (including phenoxy) is 3. The second-order valence-electron chi connectivity index (χ2n) is 7.59. The van der Waals surface area contributed by atoms with Gasteiger partial charge in [-0.2, -0.15) is 10.2 Å². The van der Waals surface area contributed by atoms with E-state index in [1.165, 1.54) is 10.7 Å². The van der Waals surface area contributed by atoms with E-state index < -0.39 is 0 Å². The summed E-state index contributed by atoms with van der Waals surface area (Å²) in [4.78, 5) is 12.7. The molecule has 0 aliphatic carbocycles. The van der Waals surface area contributed by atoms with Crippen molar-refractivity contribution in [2.75, 3.05) is 32.2 Å². The van der Waals surface area contributed by atoms with Crippen LogP contribution in [0.15, 0.2) is 47.3 Å². The van der Waals surface area contributed by atoms with E-state index in [4.69, 9.17) is 14.2 Å². The van der Waals surface area contributed by atoms with Gasteiger partial charge < -0.3 is 19.5 Å². The molecular weight excluding hydrogens is 398 g/mol. The van der Waals surface area contributed by atoms with Crippen molar-refractivity contribution in [1.82, 2.24) is 20.0 Å². The number of fused-ring (bicyclic) bond motifs is 1. The van der Waals surface area contributed by atoms with Crippen molar-refractivity contribution in [3.63, 3.8) is 0 Å². The number of nitrogens with one attached hydrogen (secondary N) is 1. The lowest BCUT2D eigenvalue weighted by molar-refractivity contribution is 0.109. The molecule has 1 aromatic carbocycles. The standard InChI is InChI=1S/C22H23N5O4/c1-29-16-4-2-3-14(9-16)18-5-6-22(28)27(26-18)20-13-31-12-19(20)23-21-10-15-11-30-8-7-17(15)24-25-21/h2-6,9-10,19-20H,7-8,11-13H2,1H3,(H,23,25). The zero-order chi connectivity index (χ0) is 21.2. The number of methoxy groups -OCH3 is 1. The van der Waals surface area contributed by atoms with Crippen LogP contribution in [0.3, 0.4) is 0 Å². The zero-order valence-corrected chi connectivity index (χ0v) is 17.2. The van der Waals surface area contributed by atoms with Crippen molar-refractivity contribution in [3.05, 3.63) is 64.1 Å². The fourth-order valence-electron chi connectivity index (χ4n) is 3.92. The molecule has 0 radical (unpaired) electrons. The minimum Gasteiger partial charge on any atom is -0.497 e. The molecule has 160 valence electrons. The Bertz CT molecular complexity index is 1150. The Morgan fingerprint density at radius 3 is 2.97 bits per heavy atom. The van der Waals surface area contributed by atoms with Gasteiger partial charge in [0.2, 0.25) is 0 Å². The maximum absolute atomic E-state index is 12.7. The second-order valence-corrected chi connectivity index (χ2v) is 7.59. The molecule has 2 aromatic heterocycles. The van der Waals surface area contributed by atoms with Gasteiger partial charge in [-0.25, -0.2) is 4.68 Å². The van der Waals surface area contributed by atoms with Gasteiger partial charge >= 0.3 is 0 Å². The largest absolute Gasteiger partial charge is 0.497 e. The topological polar surface area (TPSA) is 100 Å². The van der Waals surface area contributed by atoms with Gasteiger partial charge in [0.05, 0.1) is 51.0 Å². The first-order valence-corrected chi connectivity index (χ1v) is 10.2. The minimum absolute atomic E-state index is 0.164. The van der Waals surface area contributed by atoms with Crippen molar-refractivity contribution in [3.8, 4) is 17.0 Å². The van der Waals surface area contributed by atoms with Gasteiger partial charge in [-0.05, 0) is 24.3 Å². The predicted molar refractivity (Wildman–Crippen MR) is 113 cm³/mol. The summed E-state index contributed by atoms with van der Waals surface area (Å²) in [5, 5.41) is 16.6. The first-order chi connectivity index (χ1) is 15.2. The van der Waals surface area contributed by atoms with Crippen LogP contribution in [0.25, 0.3) is 11.3 Å². The molecule has 0 saturated carbocycles. The van der Waals surface area contributed by atoms with E-state index in [1.54, 1.807) is 13.2 Å². The van der Waals surface area contributed by atoms with Crippen LogP contribution in [-0.2, 0) is 22.5 Å². The van der Waals surface area contributed by atoms with Crippen LogP contribution in [-0.4, -0.2) is 53.0 Å². The molecule has 4 heterocycles. The van der Waals surface area contributed by atoms with Gasteiger partial charge in [0.15, 0.2) is 0 Å². The van der Waals surface area contributed by atoms with Gasteiger partial charge in [0.1, 0.15) is 17.6 Å². The predicted octanol–water partition coefficient (Wildman–Crippen LogP) is 1.83. The molecule has 9 nitrogen and oxygen atoms in total. The van der Waals surface area contributed by atoms with Crippen LogP contribution in [0, 0.1) is 0 Å². The lowest BCUT2D eigenvalue weighted by atomic mass is 10.1. The van der Waals surface area contributed by atoms with E-state index in [2.05, 4.69) is 20.6 Å². The lowest BCUT2D eigenvalue weighted by Crippen LogP contribution is -2.37. The fraction of sp³-hybridized carbons (Fsp3) is 0.364.